The van der Waals surface area contributed by atoms with E-state index in [9.17, 15) is 4.79 Å². The summed E-state index contributed by atoms with van der Waals surface area (Å²) in [7, 11) is 4.44. The van der Waals surface area contributed by atoms with Gasteiger partial charge in [0.25, 0.3) is 0 Å². The molecule has 40 heavy (non-hydrogen) atoms. The van der Waals surface area contributed by atoms with Gasteiger partial charge in [0.1, 0.15) is 12.3 Å². The van der Waals surface area contributed by atoms with Gasteiger partial charge in [-0.15, -0.1) is 0 Å². The number of nitrogens with zero attached hydrogens (tertiary/aromatic N) is 1. The van der Waals surface area contributed by atoms with E-state index in [1.54, 1.807) is 0 Å². The van der Waals surface area contributed by atoms with Crippen LogP contribution in [-0.4, -0.2) is 43.8 Å². The number of ether oxygens (including phenoxy) is 2. The highest BCUT2D eigenvalue weighted by atomic mass is 16.5. The van der Waals surface area contributed by atoms with E-state index in [1.807, 2.05) is 19.1 Å². The van der Waals surface area contributed by atoms with Gasteiger partial charge in [0, 0.05) is 18.4 Å². The number of rotatable bonds is 22. The van der Waals surface area contributed by atoms with E-state index in [0.29, 0.717) is 13.0 Å². The first kappa shape index (κ1) is 33.9. The minimum absolute atomic E-state index is 0.00145. The van der Waals surface area contributed by atoms with Crippen molar-refractivity contribution in [1.29, 1.82) is 0 Å². The largest absolute Gasteiger partial charge is 0.490 e. The Morgan fingerprint density at radius 2 is 1.38 bits per heavy atom. The number of benzene rings is 2. The predicted molar refractivity (Wildman–Crippen MR) is 169 cm³/mol. The molecule has 4 heteroatoms. The summed E-state index contributed by atoms with van der Waals surface area (Å²) in [5, 5.41) is 0. The number of hydrogen-bond acceptors (Lipinski definition) is 3. The van der Waals surface area contributed by atoms with Crippen molar-refractivity contribution in [2.24, 2.45) is 5.92 Å². The van der Waals surface area contributed by atoms with Gasteiger partial charge in [-0.05, 0) is 31.4 Å². The summed E-state index contributed by atoms with van der Waals surface area (Å²) in [5.74, 6) is 0.767. The highest BCUT2D eigenvalue weighted by Gasteiger charge is 2.22. The zero-order valence-electron chi connectivity index (χ0n) is 26.3. The SMILES string of the molecule is CCCCCCCCCCCCc1ccccc1OC(C)CCOC(=O)C(C)CC[N+](C)(C)Cc1ccccc1. The lowest BCUT2D eigenvalue weighted by molar-refractivity contribution is -0.904. The number of hydrogen-bond donors (Lipinski definition) is 0. The Morgan fingerprint density at radius 1 is 0.775 bits per heavy atom. The lowest BCUT2D eigenvalue weighted by Gasteiger charge is -2.30. The number of aryl methyl sites for hydroxylation is 1. The van der Waals surface area contributed by atoms with E-state index in [1.165, 1.54) is 75.3 Å². The van der Waals surface area contributed by atoms with Crippen LogP contribution in [0.3, 0.4) is 0 Å². The van der Waals surface area contributed by atoms with Gasteiger partial charge in [0.05, 0.1) is 39.3 Å². The second kappa shape index (κ2) is 19.7. The molecular weight excluding hydrogens is 494 g/mol. The number of esters is 1. The first-order valence-corrected chi connectivity index (χ1v) is 16.1. The van der Waals surface area contributed by atoms with Crippen LogP contribution < -0.4 is 4.74 Å². The molecular formula is C36H58NO3+. The number of carbonyl (C=O) groups is 1. The first-order valence-electron chi connectivity index (χ1n) is 16.1. The van der Waals surface area contributed by atoms with Crippen molar-refractivity contribution < 1.29 is 18.8 Å². The van der Waals surface area contributed by atoms with Crippen LogP contribution in [0.5, 0.6) is 5.75 Å². The van der Waals surface area contributed by atoms with Crippen LogP contribution in [-0.2, 0) is 22.5 Å². The maximum Gasteiger partial charge on any atom is 0.308 e. The van der Waals surface area contributed by atoms with Crippen LogP contribution in [0.25, 0.3) is 0 Å². The average Bonchev–Trinajstić information content (AvgIpc) is 2.94. The Morgan fingerprint density at radius 3 is 2.05 bits per heavy atom. The molecule has 2 rings (SSSR count). The standard InChI is InChI=1S/C36H58NO3/c1-6-7-8-9-10-11-12-13-14-18-23-34-24-19-20-25-35(34)40-32(3)27-29-39-36(38)31(2)26-28-37(4,5)30-33-21-16-15-17-22-33/h15-17,19-22,24-25,31-32H,6-14,18,23,26-30H2,1-5H3/q+1. The molecule has 2 aromatic carbocycles. The molecule has 0 aliphatic heterocycles. The molecule has 0 bridgehead atoms. The number of unbranched alkanes of at least 4 members (excludes halogenated alkanes) is 9. The van der Waals surface area contributed by atoms with E-state index in [4.69, 9.17) is 9.47 Å². The molecule has 4 nitrogen and oxygen atoms in total. The summed E-state index contributed by atoms with van der Waals surface area (Å²) in [6, 6.07) is 19.0. The third-order valence-corrected chi connectivity index (χ3v) is 7.89. The van der Waals surface area contributed by atoms with Gasteiger partial charge in [-0.3, -0.25) is 4.79 Å². The Hall–Kier alpha value is -2.33. The highest BCUT2D eigenvalue weighted by molar-refractivity contribution is 5.71. The highest BCUT2D eigenvalue weighted by Crippen LogP contribution is 2.23. The van der Waals surface area contributed by atoms with E-state index < -0.39 is 0 Å². The van der Waals surface area contributed by atoms with Crippen molar-refractivity contribution in [2.75, 3.05) is 27.2 Å². The quantitative estimate of drug-likeness (QED) is 0.0830. The molecule has 0 fully saturated rings. The molecule has 0 aromatic heterocycles. The van der Waals surface area contributed by atoms with Crippen molar-refractivity contribution in [2.45, 2.75) is 117 Å². The van der Waals surface area contributed by atoms with E-state index in [2.05, 4.69) is 70.4 Å². The topological polar surface area (TPSA) is 35.5 Å². The molecule has 0 radical (unpaired) electrons. The first-order chi connectivity index (χ1) is 19.3. The van der Waals surface area contributed by atoms with Gasteiger partial charge >= 0.3 is 5.97 Å². The van der Waals surface area contributed by atoms with Crippen LogP contribution in [0.4, 0.5) is 0 Å². The summed E-state index contributed by atoms with van der Waals surface area (Å²) in [4.78, 5) is 12.6. The molecule has 224 valence electrons. The maximum atomic E-state index is 12.6. The van der Waals surface area contributed by atoms with E-state index in [-0.39, 0.29) is 18.0 Å². The van der Waals surface area contributed by atoms with E-state index in [0.717, 1.165) is 36.2 Å². The van der Waals surface area contributed by atoms with Crippen LogP contribution >= 0.6 is 0 Å². The van der Waals surface area contributed by atoms with Gasteiger partial charge in [0.2, 0.25) is 0 Å². The summed E-state index contributed by atoms with van der Waals surface area (Å²) >= 11 is 0. The van der Waals surface area contributed by atoms with Crippen LogP contribution in [0.1, 0.15) is 109 Å². The molecule has 2 unspecified atom stereocenters. The zero-order chi connectivity index (χ0) is 29.1. The fourth-order valence-electron chi connectivity index (χ4n) is 5.19. The summed E-state index contributed by atoms with van der Waals surface area (Å²) in [6.07, 6.45) is 16.1. The Kier molecular flexibility index (Phi) is 16.7. The number of para-hydroxylation sites is 1. The zero-order valence-corrected chi connectivity index (χ0v) is 26.3. The molecule has 0 saturated carbocycles. The van der Waals surface area contributed by atoms with Crippen LogP contribution in [0.2, 0.25) is 0 Å². The van der Waals surface area contributed by atoms with Crippen molar-refractivity contribution in [3.05, 3.63) is 65.7 Å². The second-order valence-electron chi connectivity index (χ2n) is 12.4. The Bertz CT molecular complexity index is 927. The molecule has 0 aliphatic carbocycles. The lowest BCUT2D eigenvalue weighted by atomic mass is 10.0. The smallest absolute Gasteiger partial charge is 0.308 e. The molecule has 0 amide bonds. The third kappa shape index (κ3) is 14.9. The molecule has 0 saturated heterocycles. The molecule has 2 aromatic rings. The lowest BCUT2D eigenvalue weighted by Crippen LogP contribution is -2.40. The third-order valence-electron chi connectivity index (χ3n) is 7.89. The summed E-state index contributed by atoms with van der Waals surface area (Å²) in [6.45, 7) is 8.61. The minimum Gasteiger partial charge on any atom is -0.490 e. The molecule has 0 spiro atoms. The molecule has 0 heterocycles. The van der Waals surface area contributed by atoms with Crippen molar-refractivity contribution in [3.8, 4) is 5.75 Å². The van der Waals surface area contributed by atoms with Crippen LogP contribution in [0, 0.1) is 5.92 Å². The number of quaternary nitrogens is 1. The number of carbonyl (C=O) groups excluding carboxylic acids is 1. The van der Waals surface area contributed by atoms with Crippen molar-refractivity contribution >= 4 is 5.97 Å². The minimum atomic E-state index is -0.105. The predicted octanol–water partition coefficient (Wildman–Crippen LogP) is 9.15. The normalized spacial score (nSPS) is 13.1. The molecule has 2 atom stereocenters. The Balaban J connectivity index is 1.62. The van der Waals surface area contributed by atoms with Gasteiger partial charge in [-0.25, -0.2) is 0 Å². The second-order valence-corrected chi connectivity index (χ2v) is 12.4. The van der Waals surface area contributed by atoms with Gasteiger partial charge < -0.3 is 14.0 Å². The van der Waals surface area contributed by atoms with Gasteiger partial charge in [-0.1, -0.05) is 120 Å². The van der Waals surface area contributed by atoms with Crippen molar-refractivity contribution in [1.82, 2.24) is 0 Å². The summed E-state index contributed by atoms with van der Waals surface area (Å²) in [5.41, 5.74) is 2.61. The van der Waals surface area contributed by atoms with Crippen molar-refractivity contribution in [3.63, 3.8) is 0 Å². The average molecular weight is 553 g/mol. The maximum absolute atomic E-state index is 12.6. The molecule has 0 N–H and O–H groups in total. The molecule has 0 aliphatic rings. The van der Waals surface area contributed by atoms with E-state index >= 15 is 0 Å². The fourth-order valence-corrected chi connectivity index (χ4v) is 5.19. The van der Waals surface area contributed by atoms with Gasteiger partial charge in [0.15, 0.2) is 0 Å². The monoisotopic (exact) mass is 552 g/mol. The summed E-state index contributed by atoms with van der Waals surface area (Å²) < 4.78 is 12.8. The van der Waals surface area contributed by atoms with Crippen LogP contribution in [0.15, 0.2) is 54.6 Å². The van der Waals surface area contributed by atoms with Gasteiger partial charge in [-0.2, -0.15) is 0 Å². The Labute approximate surface area is 246 Å². The fraction of sp³-hybridized carbons (Fsp3) is 0.639.